The van der Waals surface area contributed by atoms with Crippen molar-refractivity contribution in [1.82, 2.24) is 20.2 Å². The first-order valence-electron chi connectivity index (χ1n) is 7.51. The van der Waals surface area contributed by atoms with Crippen molar-refractivity contribution in [2.75, 3.05) is 11.5 Å². The first-order valence-corrected chi connectivity index (χ1v) is 9.48. The molecule has 0 amide bonds. The number of halogens is 1. The van der Waals surface area contributed by atoms with Gasteiger partial charge in [-0.05, 0) is 59.7 Å². The van der Waals surface area contributed by atoms with Crippen LogP contribution < -0.4 is 0 Å². The molecule has 0 unspecified atom stereocenters. The Labute approximate surface area is 148 Å². The summed E-state index contributed by atoms with van der Waals surface area (Å²) in [7, 11) is 0. The largest absolute Gasteiger partial charge is 0.214 e. The van der Waals surface area contributed by atoms with Gasteiger partial charge < -0.3 is 0 Å². The van der Waals surface area contributed by atoms with Gasteiger partial charge in [-0.25, -0.2) is 4.39 Å². The monoisotopic (exact) mass is 360 g/mol. The van der Waals surface area contributed by atoms with Crippen molar-refractivity contribution < 1.29 is 4.39 Å². The van der Waals surface area contributed by atoms with Gasteiger partial charge in [0, 0.05) is 16.4 Å². The van der Waals surface area contributed by atoms with Crippen molar-refractivity contribution in [3.63, 3.8) is 0 Å². The number of para-hydroxylation sites is 1. The zero-order chi connectivity index (χ0) is 16.9. The molecule has 3 rings (SSSR count). The minimum atomic E-state index is -0.207. The van der Waals surface area contributed by atoms with Crippen LogP contribution in [0.15, 0.2) is 52.5 Å². The van der Waals surface area contributed by atoms with E-state index in [0.29, 0.717) is 0 Å². The Morgan fingerprint density at radius 2 is 1.62 bits per heavy atom. The summed E-state index contributed by atoms with van der Waals surface area (Å²) in [4.78, 5) is 1.06. The molecule has 0 aliphatic heterocycles. The number of hydrogen-bond donors (Lipinski definition) is 0. The summed E-state index contributed by atoms with van der Waals surface area (Å²) >= 11 is 3.31. The molecule has 0 N–H and O–H groups in total. The third kappa shape index (κ3) is 3.96. The summed E-state index contributed by atoms with van der Waals surface area (Å²) in [5, 5.41) is 12.9. The molecule has 24 heavy (non-hydrogen) atoms. The zero-order valence-corrected chi connectivity index (χ0v) is 15.1. The predicted molar refractivity (Wildman–Crippen MR) is 96.5 cm³/mol. The quantitative estimate of drug-likeness (QED) is 0.484. The number of nitrogens with zero attached hydrogens (tertiary/aromatic N) is 4. The highest BCUT2D eigenvalue weighted by atomic mass is 32.2. The third-order valence-electron chi connectivity index (χ3n) is 3.49. The molecule has 0 aliphatic carbocycles. The molecule has 0 saturated carbocycles. The third-order valence-corrected chi connectivity index (χ3v) is 5.68. The molecule has 3 aromatic rings. The second kappa shape index (κ2) is 7.81. The van der Waals surface area contributed by atoms with Gasteiger partial charge in [-0.3, -0.25) is 0 Å². The first kappa shape index (κ1) is 17.0. The molecule has 1 aromatic heterocycles. The van der Waals surface area contributed by atoms with Crippen molar-refractivity contribution in [2.45, 2.75) is 23.9 Å². The van der Waals surface area contributed by atoms with E-state index >= 15 is 0 Å². The van der Waals surface area contributed by atoms with Crippen LogP contribution in [-0.4, -0.2) is 31.7 Å². The maximum Gasteiger partial charge on any atom is 0.214 e. The fourth-order valence-corrected chi connectivity index (χ4v) is 4.13. The number of benzene rings is 2. The van der Waals surface area contributed by atoms with Crippen LogP contribution in [0.25, 0.3) is 5.69 Å². The fraction of sp³-hybridized carbons (Fsp3) is 0.235. The Morgan fingerprint density at radius 3 is 2.33 bits per heavy atom. The van der Waals surface area contributed by atoms with Gasteiger partial charge >= 0.3 is 0 Å². The van der Waals surface area contributed by atoms with Crippen LogP contribution in [0.1, 0.15) is 11.1 Å². The molecule has 0 spiro atoms. The van der Waals surface area contributed by atoms with E-state index in [1.54, 1.807) is 40.3 Å². The maximum absolute atomic E-state index is 12.9. The summed E-state index contributed by atoms with van der Waals surface area (Å²) in [6.45, 7) is 4.12. The van der Waals surface area contributed by atoms with Gasteiger partial charge in [-0.2, -0.15) is 4.68 Å². The van der Waals surface area contributed by atoms with Gasteiger partial charge in [0.25, 0.3) is 0 Å². The number of aromatic nitrogens is 4. The second-order valence-corrected chi connectivity index (χ2v) is 7.49. The van der Waals surface area contributed by atoms with Crippen LogP contribution in [0, 0.1) is 19.7 Å². The van der Waals surface area contributed by atoms with Gasteiger partial charge in [-0.15, -0.1) is 16.9 Å². The molecule has 124 valence electrons. The fourth-order valence-electron chi connectivity index (χ4n) is 2.37. The van der Waals surface area contributed by atoms with E-state index < -0.39 is 0 Å². The molecule has 0 bridgehead atoms. The molecule has 0 atom stereocenters. The predicted octanol–water partition coefficient (Wildman–Crippen LogP) is 4.30. The van der Waals surface area contributed by atoms with E-state index in [0.717, 1.165) is 38.4 Å². The molecule has 1 heterocycles. The van der Waals surface area contributed by atoms with E-state index in [1.165, 1.54) is 12.1 Å². The standard InChI is InChI=1S/C17H17FN4S2/c1-12-4-3-5-13(2)16(12)22-17(19-20-21-22)24-11-10-23-15-8-6-14(18)7-9-15/h3-9H,10-11H2,1-2H3. The minimum Gasteiger partial charge on any atom is -0.207 e. The lowest BCUT2D eigenvalue weighted by Crippen LogP contribution is -2.04. The number of rotatable bonds is 6. The van der Waals surface area contributed by atoms with Crippen molar-refractivity contribution in [3.05, 3.63) is 59.4 Å². The molecule has 0 aliphatic rings. The van der Waals surface area contributed by atoms with Crippen LogP contribution in [-0.2, 0) is 0 Å². The highest BCUT2D eigenvalue weighted by Gasteiger charge is 2.13. The Balaban J connectivity index is 1.63. The SMILES string of the molecule is Cc1cccc(C)c1-n1nnnc1SCCSc1ccc(F)cc1. The summed E-state index contributed by atoms with van der Waals surface area (Å²) < 4.78 is 14.7. The molecule has 7 heteroatoms. The lowest BCUT2D eigenvalue weighted by molar-refractivity contribution is 0.626. The number of aryl methyl sites for hydroxylation is 2. The van der Waals surface area contributed by atoms with Crippen LogP contribution in [0.2, 0.25) is 0 Å². The highest BCUT2D eigenvalue weighted by Crippen LogP contribution is 2.25. The minimum absolute atomic E-state index is 0.207. The molecule has 0 saturated heterocycles. The normalized spacial score (nSPS) is 11.0. The Kier molecular flexibility index (Phi) is 5.52. The number of tetrazole rings is 1. The highest BCUT2D eigenvalue weighted by molar-refractivity contribution is 8.02. The summed E-state index contributed by atoms with van der Waals surface area (Å²) in [6, 6.07) is 12.7. The molecular weight excluding hydrogens is 343 g/mol. The van der Waals surface area contributed by atoms with Crippen molar-refractivity contribution >= 4 is 23.5 Å². The molecule has 0 radical (unpaired) electrons. The van der Waals surface area contributed by atoms with Crippen LogP contribution in [0.4, 0.5) is 4.39 Å². The molecular formula is C17H17FN4S2. The van der Waals surface area contributed by atoms with Gasteiger partial charge in [0.2, 0.25) is 5.16 Å². The average molecular weight is 360 g/mol. The van der Waals surface area contributed by atoms with Gasteiger partial charge in [0.15, 0.2) is 0 Å². The van der Waals surface area contributed by atoms with Crippen molar-refractivity contribution in [2.24, 2.45) is 0 Å². The van der Waals surface area contributed by atoms with E-state index in [2.05, 4.69) is 41.5 Å². The van der Waals surface area contributed by atoms with E-state index in [9.17, 15) is 4.39 Å². The average Bonchev–Trinajstić information content (AvgIpc) is 3.01. The smallest absolute Gasteiger partial charge is 0.207 e. The van der Waals surface area contributed by atoms with E-state index in [1.807, 2.05) is 6.07 Å². The second-order valence-electron chi connectivity index (χ2n) is 5.26. The maximum atomic E-state index is 12.9. The molecule has 0 fully saturated rings. The summed E-state index contributed by atoms with van der Waals surface area (Å²) in [5.41, 5.74) is 3.32. The number of thioether (sulfide) groups is 2. The molecule has 2 aromatic carbocycles. The van der Waals surface area contributed by atoms with Gasteiger partial charge in [0.05, 0.1) is 5.69 Å². The summed E-state index contributed by atoms with van der Waals surface area (Å²) in [6.07, 6.45) is 0. The van der Waals surface area contributed by atoms with E-state index in [-0.39, 0.29) is 5.82 Å². The Morgan fingerprint density at radius 1 is 0.958 bits per heavy atom. The van der Waals surface area contributed by atoms with Crippen LogP contribution in [0.3, 0.4) is 0 Å². The molecule has 4 nitrogen and oxygen atoms in total. The van der Waals surface area contributed by atoms with Crippen molar-refractivity contribution in [3.8, 4) is 5.69 Å². The number of hydrogen-bond acceptors (Lipinski definition) is 5. The van der Waals surface area contributed by atoms with Gasteiger partial charge in [-0.1, -0.05) is 30.0 Å². The van der Waals surface area contributed by atoms with Crippen LogP contribution >= 0.6 is 23.5 Å². The van der Waals surface area contributed by atoms with Crippen LogP contribution in [0.5, 0.6) is 0 Å². The van der Waals surface area contributed by atoms with Gasteiger partial charge in [0.1, 0.15) is 5.82 Å². The lowest BCUT2D eigenvalue weighted by Gasteiger charge is -2.10. The topological polar surface area (TPSA) is 43.6 Å². The lowest BCUT2D eigenvalue weighted by atomic mass is 10.1. The Hall–Kier alpha value is -1.86. The van der Waals surface area contributed by atoms with Crippen molar-refractivity contribution in [1.29, 1.82) is 0 Å². The Bertz CT molecular complexity index is 797. The first-order chi connectivity index (χ1) is 11.6. The summed E-state index contributed by atoms with van der Waals surface area (Å²) in [5.74, 6) is 1.56. The van der Waals surface area contributed by atoms with E-state index in [4.69, 9.17) is 0 Å². The zero-order valence-electron chi connectivity index (χ0n) is 13.4.